The molecule has 5 aromatic rings. The first-order chi connectivity index (χ1) is 20.2. The van der Waals surface area contributed by atoms with Gasteiger partial charge in [0.1, 0.15) is 12.4 Å². The lowest BCUT2D eigenvalue weighted by atomic mass is 10.0. The van der Waals surface area contributed by atoms with Crippen LogP contribution in [0.3, 0.4) is 0 Å². The van der Waals surface area contributed by atoms with Gasteiger partial charge in [0.2, 0.25) is 0 Å². The molecule has 1 saturated heterocycles. The largest absolute Gasteiger partial charge is 0.489 e. The first-order valence-corrected chi connectivity index (χ1v) is 14.3. The average Bonchev–Trinajstić information content (AvgIpc) is 3.38. The summed E-state index contributed by atoms with van der Waals surface area (Å²) >= 11 is 0. The third-order valence-electron chi connectivity index (χ3n) is 7.71. The minimum atomic E-state index is 0.0656. The molecule has 1 fully saturated rings. The van der Waals surface area contributed by atoms with Gasteiger partial charge in [-0.05, 0) is 54.8 Å². The second-order valence-electron chi connectivity index (χ2n) is 10.6. The molecule has 1 N–H and O–H groups in total. The van der Waals surface area contributed by atoms with Crippen LogP contribution in [0.1, 0.15) is 27.2 Å². The zero-order valence-corrected chi connectivity index (χ0v) is 23.4. The van der Waals surface area contributed by atoms with Crippen molar-refractivity contribution >= 4 is 5.91 Å². The molecule has 1 aliphatic rings. The predicted molar refractivity (Wildman–Crippen MR) is 165 cm³/mol. The maximum Gasteiger partial charge on any atom is 0.256 e. The molecule has 0 saturated carbocycles. The van der Waals surface area contributed by atoms with Crippen LogP contribution in [0, 0.1) is 6.92 Å². The van der Waals surface area contributed by atoms with Gasteiger partial charge in [-0.15, -0.1) is 0 Å². The van der Waals surface area contributed by atoms with E-state index in [1.807, 2.05) is 66.7 Å². The van der Waals surface area contributed by atoms with Crippen molar-refractivity contribution in [1.29, 1.82) is 0 Å². The third kappa shape index (κ3) is 5.96. The molecular formula is C36H35N3O2. The molecule has 0 radical (unpaired) electrons. The molecule has 0 bridgehead atoms. The highest BCUT2D eigenvalue weighted by molar-refractivity contribution is 6.01. The fourth-order valence-electron chi connectivity index (χ4n) is 5.72. The second-order valence-corrected chi connectivity index (χ2v) is 10.6. The lowest BCUT2D eigenvalue weighted by Crippen LogP contribution is -2.54. The number of nitrogens with one attached hydrogen (secondary N) is 1. The number of carbonyl (C=O) groups excluding carboxylic acids is 1. The summed E-state index contributed by atoms with van der Waals surface area (Å²) in [7, 11) is 0. The van der Waals surface area contributed by atoms with Crippen molar-refractivity contribution < 1.29 is 9.53 Å². The number of aromatic nitrogens is 1. The number of hydrogen-bond donors (Lipinski definition) is 1. The molecule has 0 spiro atoms. The average molecular weight is 542 g/mol. The van der Waals surface area contributed by atoms with Crippen LogP contribution in [0.15, 0.2) is 121 Å². The third-order valence-corrected chi connectivity index (χ3v) is 7.71. The SMILES string of the molecule is Cc1cc(C(=O)N2CCNC[C@H]2Cc2ccccc2)c(-c2cccc(OCc3ccccc3)c2)n1-c1ccccc1. The Morgan fingerprint density at radius 1 is 0.829 bits per heavy atom. The molecule has 0 unspecified atom stereocenters. The number of amides is 1. The van der Waals surface area contributed by atoms with Gasteiger partial charge >= 0.3 is 0 Å². The summed E-state index contributed by atoms with van der Waals surface area (Å²) in [5.74, 6) is 0.836. The molecule has 206 valence electrons. The Morgan fingerprint density at radius 2 is 1.51 bits per heavy atom. The van der Waals surface area contributed by atoms with E-state index in [0.717, 1.165) is 53.5 Å². The van der Waals surface area contributed by atoms with Crippen molar-refractivity contribution in [2.24, 2.45) is 0 Å². The van der Waals surface area contributed by atoms with Gasteiger partial charge in [-0.1, -0.05) is 91.0 Å². The molecule has 1 aliphatic heterocycles. The molecular weight excluding hydrogens is 506 g/mol. The predicted octanol–water partition coefficient (Wildman–Crippen LogP) is 6.69. The monoisotopic (exact) mass is 541 g/mol. The van der Waals surface area contributed by atoms with Crippen LogP contribution in [0.4, 0.5) is 0 Å². The van der Waals surface area contributed by atoms with Gasteiger partial charge in [-0.3, -0.25) is 4.79 Å². The molecule has 6 rings (SSSR count). The zero-order chi connectivity index (χ0) is 28.0. The standard InChI is InChI=1S/C36H35N3O2/c1-27-22-34(36(40)38-21-20-37-25-32(38)23-28-12-5-2-6-13-28)35(39(27)31-17-9-4-10-18-31)30-16-11-19-33(24-30)41-26-29-14-7-3-8-15-29/h2-19,22,24,32,37H,20-21,23,25-26H2,1H3/t32-/m1/s1. The smallest absolute Gasteiger partial charge is 0.256 e. The lowest BCUT2D eigenvalue weighted by molar-refractivity contribution is 0.0637. The number of hydrogen-bond acceptors (Lipinski definition) is 3. The maximum atomic E-state index is 14.4. The molecule has 0 aliphatic carbocycles. The van der Waals surface area contributed by atoms with Crippen LogP contribution >= 0.6 is 0 Å². The number of carbonyl (C=O) groups is 1. The van der Waals surface area contributed by atoms with E-state index in [1.54, 1.807) is 0 Å². The first-order valence-electron chi connectivity index (χ1n) is 14.3. The summed E-state index contributed by atoms with van der Waals surface area (Å²) in [5.41, 5.74) is 6.94. The van der Waals surface area contributed by atoms with E-state index in [2.05, 4.69) is 76.3 Å². The van der Waals surface area contributed by atoms with Gasteiger partial charge in [-0.25, -0.2) is 0 Å². The van der Waals surface area contributed by atoms with Gasteiger partial charge in [0.15, 0.2) is 0 Å². The van der Waals surface area contributed by atoms with E-state index >= 15 is 0 Å². The van der Waals surface area contributed by atoms with Gasteiger partial charge in [0.05, 0.1) is 11.3 Å². The molecule has 5 heteroatoms. The van der Waals surface area contributed by atoms with Gasteiger partial charge in [0, 0.05) is 42.6 Å². The Labute approximate surface area is 242 Å². The van der Waals surface area contributed by atoms with Crippen LogP contribution in [-0.4, -0.2) is 41.1 Å². The minimum absolute atomic E-state index is 0.0656. The van der Waals surface area contributed by atoms with E-state index in [4.69, 9.17) is 4.74 Å². The summed E-state index contributed by atoms with van der Waals surface area (Å²) in [6.07, 6.45) is 0.816. The van der Waals surface area contributed by atoms with E-state index in [9.17, 15) is 4.79 Å². The fourth-order valence-corrected chi connectivity index (χ4v) is 5.72. The van der Waals surface area contributed by atoms with Crippen molar-refractivity contribution in [2.75, 3.05) is 19.6 Å². The van der Waals surface area contributed by atoms with Gasteiger partial charge < -0.3 is 19.5 Å². The summed E-state index contributed by atoms with van der Waals surface area (Å²) in [4.78, 5) is 16.5. The van der Waals surface area contributed by atoms with Crippen molar-refractivity contribution in [3.8, 4) is 22.7 Å². The number of para-hydroxylation sites is 1. The zero-order valence-electron chi connectivity index (χ0n) is 23.4. The number of aryl methyl sites for hydroxylation is 1. The highest BCUT2D eigenvalue weighted by atomic mass is 16.5. The van der Waals surface area contributed by atoms with Crippen LogP contribution in [0.2, 0.25) is 0 Å². The summed E-state index contributed by atoms with van der Waals surface area (Å²) in [6, 6.07) is 41.1. The molecule has 2 heterocycles. The number of nitrogens with zero attached hydrogens (tertiary/aromatic N) is 2. The van der Waals surface area contributed by atoms with Crippen LogP contribution in [-0.2, 0) is 13.0 Å². The van der Waals surface area contributed by atoms with Crippen LogP contribution < -0.4 is 10.1 Å². The van der Waals surface area contributed by atoms with E-state index in [-0.39, 0.29) is 11.9 Å². The summed E-state index contributed by atoms with van der Waals surface area (Å²) in [6.45, 7) is 4.79. The van der Waals surface area contributed by atoms with E-state index < -0.39 is 0 Å². The van der Waals surface area contributed by atoms with Crippen molar-refractivity contribution in [1.82, 2.24) is 14.8 Å². The Hall–Kier alpha value is -4.61. The number of rotatable bonds is 8. The Bertz CT molecular complexity index is 1600. The van der Waals surface area contributed by atoms with Gasteiger partial charge in [0.25, 0.3) is 5.91 Å². The maximum absolute atomic E-state index is 14.4. The molecule has 1 amide bonds. The Balaban J connectivity index is 1.38. The quantitative estimate of drug-likeness (QED) is 0.238. The van der Waals surface area contributed by atoms with E-state index in [0.29, 0.717) is 18.7 Å². The summed E-state index contributed by atoms with van der Waals surface area (Å²) < 4.78 is 8.39. The minimum Gasteiger partial charge on any atom is -0.489 e. The normalized spacial score (nSPS) is 15.0. The van der Waals surface area contributed by atoms with Crippen LogP contribution in [0.25, 0.3) is 16.9 Å². The molecule has 1 atom stereocenters. The Kier molecular flexibility index (Phi) is 7.97. The van der Waals surface area contributed by atoms with Crippen molar-refractivity contribution in [3.63, 3.8) is 0 Å². The van der Waals surface area contributed by atoms with Crippen molar-refractivity contribution in [2.45, 2.75) is 26.0 Å². The molecule has 4 aromatic carbocycles. The topological polar surface area (TPSA) is 46.5 Å². The number of benzene rings is 4. The number of piperazine rings is 1. The molecule has 5 nitrogen and oxygen atoms in total. The lowest BCUT2D eigenvalue weighted by Gasteiger charge is -2.36. The highest BCUT2D eigenvalue weighted by Gasteiger charge is 2.31. The fraction of sp³-hybridized carbons (Fsp3) is 0.194. The van der Waals surface area contributed by atoms with Crippen LogP contribution in [0.5, 0.6) is 5.75 Å². The van der Waals surface area contributed by atoms with Crippen molar-refractivity contribution in [3.05, 3.63) is 144 Å². The molecule has 1 aromatic heterocycles. The highest BCUT2D eigenvalue weighted by Crippen LogP contribution is 2.34. The summed E-state index contributed by atoms with van der Waals surface area (Å²) in [5, 5.41) is 3.50. The first kappa shape index (κ1) is 26.6. The Morgan fingerprint density at radius 3 is 2.24 bits per heavy atom. The van der Waals surface area contributed by atoms with E-state index in [1.165, 1.54) is 5.56 Å². The number of ether oxygens (including phenoxy) is 1. The van der Waals surface area contributed by atoms with Gasteiger partial charge in [-0.2, -0.15) is 0 Å². The second kappa shape index (κ2) is 12.3. The molecule has 41 heavy (non-hydrogen) atoms.